The molecule has 4 nitrogen and oxygen atoms in total. The summed E-state index contributed by atoms with van der Waals surface area (Å²) in [7, 11) is 0. The van der Waals surface area contributed by atoms with E-state index in [2.05, 4.69) is 21.0 Å². The summed E-state index contributed by atoms with van der Waals surface area (Å²) in [5.41, 5.74) is 1.47. The van der Waals surface area contributed by atoms with Gasteiger partial charge in [-0.25, -0.2) is 0 Å². The largest absolute Gasteiger partial charge is 0.261 e. The lowest BCUT2D eigenvalue weighted by Crippen LogP contribution is -2.30. The maximum atomic E-state index is 10.00. The van der Waals surface area contributed by atoms with Gasteiger partial charge in [-0.05, 0) is 17.7 Å². The van der Waals surface area contributed by atoms with Gasteiger partial charge in [-0.1, -0.05) is 36.4 Å². The number of benzene rings is 1. The summed E-state index contributed by atoms with van der Waals surface area (Å²) in [5, 5.41) is 10.00. The number of rotatable bonds is 4. The molecule has 0 radical (unpaired) electrons. The average Bonchev–Trinajstić information content (AvgIpc) is 2.62. The van der Waals surface area contributed by atoms with Crippen molar-refractivity contribution in [3.8, 4) is 6.07 Å². The summed E-state index contributed by atoms with van der Waals surface area (Å²) in [6, 6.07) is 17.8. The van der Waals surface area contributed by atoms with E-state index in [1.54, 1.807) is 24.8 Å². The lowest BCUT2D eigenvalue weighted by atomic mass is 9.75. The first-order chi connectivity index (χ1) is 10.8. The number of aromatic nitrogens is 3. The van der Waals surface area contributed by atoms with Crippen LogP contribution in [0.5, 0.6) is 0 Å². The van der Waals surface area contributed by atoms with Gasteiger partial charge in [0.25, 0.3) is 0 Å². The number of hydrogen-bond donors (Lipinski definition) is 0. The van der Waals surface area contributed by atoms with Crippen molar-refractivity contribution in [3.63, 3.8) is 0 Å². The molecular formula is C18H14N4. The van der Waals surface area contributed by atoms with E-state index in [1.165, 1.54) is 0 Å². The molecule has 3 rings (SSSR count). The predicted molar refractivity (Wildman–Crippen MR) is 82.8 cm³/mol. The first-order valence-corrected chi connectivity index (χ1v) is 6.98. The molecule has 0 fully saturated rings. The van der Waals surface area contributed by atoms with Crippen LogP contribution in [0.25, 0.3) is 0 Å². The minimum absolute atomic E-state index is 0.451. The van der Waals surface area contributed by atoms with Gasteiger partial charge in [0, 0.05) is 30.7 Å². The van der Waals surface area contributed by atoms with E-state index in [0.29, 0.717) is 12.1 Å². The second-order valence-corrected chi connectivity index (χ2v) is 4.97. The van der Waals surface area contributed by atoms with Crippen molar-refractivity contribution in [2.24, 2.45) is 0 Å². The van der Waals surface area contributed by atoms with Gasteiger partial charge in [0.05, 0.1) is 18.0 Å². The van der Waals surface area contributed by atoms with E-state index in [-0.39, 0.29) is 0 Å². The summed E-state index contributed by atoms with van der Waals surface area (Å²) in [4.78, 5) is 12.9. The van der Waals surface area contributed by atoms with Crippen LogP contribution in [-0.4, -0.2) is 15.0 Å². The Kier molecular flexibility index (Phi) is 3.88. The Morgan fingerprint density at radius 1 is 0.909 bits per heavy atom. The van der Waals surface area contributed by atoms with E-state index >= 15 is 0 Å². The monoisotopic (exact) mass is 286 g/mol. The second-order valence-electron chi connectivity index (χ2n) is 4.97. The molecule has 0 aliphatic carbocycles. The first-order valence-electron chi connectivity index (χ1n) is 6.98. The smallest absolute Gasteiger partial charge is 0.131 e. The fourth-order valence-corrected chi connectivity index (χ4v) is 2.52. The maximum absolute atomic E-state index is 10.00. The average molecular weight is 286 g/mol. The van der Waals surface area contributed by atoms with Gasteiger partial charge < -0.3 is 0 Å². The maximum Gasteiger partial charge on any atom is 0.131 e. The molecule has 0 bridgehead atoms. The van der Waals surface area contributed by atoms with Crippen LogP contribution in [0.4, 0.5) is 0 Å². The van der Waals surface area contributed by atoms with Crippen molar-refractivity contribution >= 4 is 0 Å². The highest BCUT2D eigenvalue weighted by Crippen LogP contribution is 2.33. The molecule has 0 N–H and O–H groups in total. The first kappa shape index (κ1) is 13.9. The number of nitrogens with zero attached hydrogens (tertiary/aromatic N) is 4. The zero-order valence-corrected chi connectivity index (χ0v) is 11.9. The molecule has 0 saturated carbocycles. The zero-order valence-electron chi connectivity index (χ0n) is 11.9. The molecule has 3 aromatic rings. The SMILES string of the molecule is N#CC(Cc1ccccn1)(c1ccccc1)c1cnccn1. The van der Waals surface area contributed by atoms with Crippen molar-refractivity contribution in [1.82, 2.24) is 15.0 Å². The van der Waals surface area contributed by atoms with E-state index in [0.717, 1.165) is 11.3 Å². The molecule has 1 atom stereocenters. The van der Waals surface area contributed by atoms with Crippen molar-refractivity contribution < 1.29 is 0 Å². The van der Waals surface area contributed by atoms with E-state index in [9.17, 15) is 5.26 Å². The third kappa shape index (κ3) is 2.57. The fraction of sp³-hybridized carbons (Fsp3) is 0.111. The highest BCUT2D eigenvalue weighted by atomic mass is 14.8. The third-order valence-electron chi connectivity index (χ3n) is 3.63. The molecule has 2 heterocycles. The van der Waals surface area contributed by atoms with Gasteiger partial charge in [0.15, 0.2) is 0 Å². The number of hydrogen-bond acceptors (Lipinski definition) is 4. The van der Waals surface area contributed by atoms with E-state index < -0.39 is 5.41 Å². The van der Waals surface area contributed by atoms with Gasteiger partial charge in [0.2, 0.25) is 0 Å². The van der Waals surface area contributed by atoms with Crippen LogP contribution in [0.3, 0.4) is 0 Å². The Morgan fingerprint density at radius 3 is 2.36 bits per heavy atom. The van der Waals surface area contributed by atoms with Crippen molar-refractivity contribution in [2.75, 3.05) is 0 Å². The van der Waals surface area contributed by atoms with E-state index in [4.69, 9.17) is 0 Å². The van der Waals surface area contributed by atoms with Gasteiger partial charge in [0.1, 0.15) is 5.41 Å². The zero-order chi connectivity index (χ0) is 15.3. The van der Waals surface area contributed by atoms with Gasteiger partial charge in [-0.3, -0.25) is 15.0 Å². The summed E-state index contributed by atoms with van der Waals surface area (Å²) < 4.78 is 0. The summed E-state index contributed by atoms with van der Waals surface area (Å²) in [5.74, 6) is 0. The molecule has 22 heavy (non-hydrogen) atoms. The normalized spacial score (nSPS) is 13.0. The lowest BCUT2D eigenvalue weighted by Gasteiger charge is -2.26. The van der Waals surface area contributed by atoms with Gasteiger partial charge in [-0.2, -0.15) is 5.26 Å². The van der Waals surface area contributed by atoms with Gasteiger partial charge in [-0.15, -0.1) is 0 Å². The molecule has 1 unspecified atom stereocenters. The highest BCUT2D eigenvalue weighted by Gasteiger charge is 2.37. The minimum atomic E-state index is -0.899. The van der Waals surface area contributed by atoms with Crippen LogP contribution < -0.4 is 0 Å². The Hall–Kier alpha value is -3.06. The molecule has 0 saturated heterocycles. The number of nitriles is 1. The van der Waals surface area contributed by atoms with Crippen molar-refractivity contribution in [2.45, 2.75) is 11.8 Å². The van der Waals surface area contributed by atoms with Crippen LogP contribution in [0.15, 0.2) is 73.3 Å². The molecule has 1 aromatic carbocycles. The summed E-state index contributed by atoms with van der Waals surface area (Å²) >= 11 is 0. The fourth-order valence-electron chi connectivity index (χ4n) is 2.52. The van der Waals surface area contributed by atoms with Crippen LogP contribution in [0.1, 0.15) is 17.0 Å². The Balaban J connectivity index is 2.16. The summed E-state index contributed by atoms with van der Waals surface area (Å²) in [6.07, 6.45) is 7.06. The Bertz CT molecular complexity index is 725. The summed E-state index contributed by atoms with van der Waals surface area (Å²) in [6.45, 7) is 0. The van der Waals surface area contributed by atoms with Crippen molar-refractivity contribution in [1.29, 1.82) is 5.26 Å². The van der Waals surface area contributed by atoms with Crippen LogP contribution >= 0.6 is 0 Å². The lowest BCUT2D eigenvalue weighted by molar-refractivity contribution is 0.616. The topological polar surface area (TPSA) is 62.5 Å². The molecule has 0 aliphatic heterocycles. The molecule has 4 heteroatoms. The van der Waals surface area contributed by atoms with Crippen molar-refractivity contribution in [3.05, 3.63) is 90.3 Å². The highest BCUT2D eigenvalue weighted by molar-refractivity contribution is 5.43. The molecule has 0 spiro atoms. The Morgan fingerprint density at radius 2 is 1.73 bits per heavy atom. The van der Waals surface area contributed by atoms with Gasteiger partial charge >= 0.3 is 0 Å². The molecule has 0 aliphatic rings. The molecule has 0 amide bonds. The molecular weight excluding hydrogens is 272 g/mol. The predicted octanol–water partition coefficient (Wildman–Crippen LogP) is 2.92. The van der Waals surface area contributed by atoms with E-state index in [1.807, 2.05) is 48.5 Å². The van der Waals surface area contributed by atoms with Crippen LogP contribution in [0, 0.1) is 11.3 Å². The second kappa shape index (κ2) is 6.15. The standard InChI is InChI=1S/C18H14N4/c19-14-18(15-6-2-1-3-7-15,17-13-20-10-11-22-17)12-16-8-4-5-9-21-16/h1-11,13H,12H2. The quantitative estimate of drug-likeness (QED) is 0.739. The molecule has 2 aromatic heterocycles. The minimum Gasteiger partial charge on any atom is -0.261 e. The number of pyridine rings is 1. The van der Waals surface area contributed by atoms with Crippen LogP contribution in [0.2, 0.25) is 0 Å². The van der Waals surface area contributed by atoms with Crippen LogP contribution in [-0.2, 0) is 11.8 Å². The third-order valence-corrected chi connectivity index (χ3v) is 3.63. The Labute approximate surface area is 129 Å². The molecule has 106 valence electrons.